The number of ether oxygens (including phenoxy) is 3. The molecule has 1 atom stereocenters. The molecule has 2 N–H and O–H groups in total. The lowest BCUT2D eigenvalue weighted by Gasteiger charge is -2.26. The Morgan fingerprint density at radius 1 is 1.23 bits per heavy atom. The number of hydrogen-bond acceptors (Lipinski definition) is 6. The van der Waals surface area contributed by atoms with Gasteiger partial charge in [-0.1, -0.05) is 18.2 Å². The molecule has 1 aromatic rings. The van der Waals surface area contributed by atoms with E-state index < -0.39 is 0 Å². The third-order valence-corrected chi connectivity index (χ3v) is 4.65. The van der Waals surface area contributed by atoms with Gasteiger partial charge in [-0.3, -0.25) is 9.69 Å². The SMILES string of the molecule is O=C(CC1COCCN1)NCc1ccccc1OCCN1CCOCC1. The van der Waals surface area contributed by atoms with Crippen LogP contribution >= 0.6 is 0 Å². The van der Waals surface area contributed by atoms with E-state index in [9.17, 15) is 4.79 Å². The average molecular weight is 363 g/mol. The maximum Gasteiger partial charge on any atom is 0.221 e. The molecule has 2 heterocycles. The van der Waals surface area contributed by atoms with Crippen LogP contribution in [0.25, 0.3) is 0 Å². The fraction of sp³-hybridized carbons (Fsp3) is 0.632. The maximum absolute atomic E-state index is 12.2. The van der Waals surface area contributed by atoms with E-state index in [1.807, 2.05) is 24.3 Å². The van der Waals surface area contributed by atoms with Crippen molar-refractivity contribution in [1.29, 1.82) is 0 Å². The highest BCUT2D eigenvalue weighted by atomic mass is 16.5. The maximum atomic E-state index is 12.2. The van der Waals surface area contributed by atoms with Gasteiger partial charge in [0.1, 0.15) is 12.4 Å². The first kappa shape index (κ1) is 19.1. The zero-order valence-electron chi connectivity index (χ0n) is 15.2. The van der Waals surface area contributed by atoms with E-state index in [2.05, 4.69) is 15.5 Å². The third-order valence-electron chi connectivity index (χ3n) is 4.65. The molecule has 0 aromatic heterocycles. The van der Waals surface area contributed by atoms with E-state index in [4.69, 9.17) is 14.2 Å². The van der Waals surface area contributed by atoms with Gasteiger partial charge in [0.2, 0.25) is 5.91 Å². The van der Waals surface area contributed by atoms with Crippen LogP contribution in [0, 0.1) is 0 Å². The molecule has 0 saturated carbocycles. The van der Waals surface area contributed by atoms with Crippen molar-refractivity contribution in [2.75, 3.05) is 59.2 Å². The normalized spacial score (nSPS) is 21.3. The van der Waals surface area contributed by atoms with Gasteiger partial charge in [0.15, 0.2) is 0 Å². The number of benzene rings is 1. The van der Waals surface area contributed by atoms with Crippen LogP contribution in [0.5, 0.6) is 5.75 Å². The molecule has 0 bridgehead atoms. The summed E-state index contributed by atoms with van der Waals surface area (Å²) in [6.45, 7) is 7.61. The quantitative estimate of drug-likeness (QED) is 0.696. The summed E-state index contributed by atoms with van der Waals surface area (Å²) in [6, 6.07) is 7.97. The third kappa shape index (κ3) is 6.25. The van der Waals surface area contributed by atoms with Crippen LogP contribution in [-0.4, -0.2) is 76.1 Å². The van der Waals surface area contributed by atoms with Gasteiger partial charge in [-0.2, -0.15) is 0 Å². The van der Waals surface area contributed by atoms with Crippen molar-refractivity contribution in [3.63, 3.8) is 0 Å². The molecule has 7 nitrogen and oxygen atoms in total. The minimum absolute atomic E-state index is 0.0242. The van der Waals surface area contributed by atoms with Crippen molar-refractivity contribution in [3.8, 4) is 5.75 Å². The highest BCUT2D eigenvalue weighted by Gasteiger charge is 2.17. The second kappa shape index (κ2) is 10.5. The molecule has 2 saturated heterocycles. The molecule has 1 amide bonds. The molecular weight excluding hydrogens is 334 g/mol. The summed E-state index contributed by atoms with van der Waals surface area (Å²) in [5.41, 5.74) is 0.996. The van der Waals surface area contributed by atoms with Crippen LogP contribution in [0.1, 0.15) is 12.0 Å². The molecule has 7 heteroatoms. The second-order valence-corrected chi connectivity index (χ2v) is 6.62. The van der Waals surface area contributed by atoms with Gasteiger partial charge in [-0.25, -0.2) is 0 Å². The fourth-order valence-corrected chi connectivity index (χ4v) is 3.14. The van der Waals surface area contributed by atoms with Crippen LogP contribution in [-0.2, 0) is 20.8 Å². The van der Waals surface area contributed by atoms with Crippen molar-refractivity contribution in [1.82, 2.24) is 15.5 Å². The highest BCUT2D eigenvalue weighted by molar-refractivity contribution is 5.76. The van der Waals surface area contributed by atoms with Crippen molar-refractivity contribution in [3.05, 3.63) is 29.8 Å². The monoisotopic (exact) mass is 363 g/mol. The molecular formula is C19H29N3O4. The summed E-state index contributed by atoms with van der Waals surface area (Å²) in [6.07, 6.45) is 0.431. The summed E-state index contributed by atoms with van der Waals surface area (Å²) < 4.78 is 16.7. The van der Waals surface area contributed by atoms with Gasteiger partial charge in [-0.15, -0.1) is 0 Å². The van der Waals surface area contributed by atoms with E-state index >= 15 is 0 Å². The Hall–Kier alpha value is -1.67. The first-order valence-electron chi connectivity index (χ1n) is 9.40. The summed E-state index contributed by atoms with van der Waals surface area (Å²) in [7, 11) is 0. The molecule has 2 fully saturated rings. The van der Waals surface area contributed by atoms with E-state index in [1.54, 1.807) is 0 Å². The number of morpholine rings is 2. The zero-order chi connectivity index (χ0) is 18.0. The Labute approximate surface area is 155 Å². The summed E-state index contributed by atoms with van der Waals surface area (Å²) in [5, 5.41) is 6.28. The molecule has 2 aliphatic rings. The zero-order valence-corrected chi connectivity index (χ0v) is 15.2. The lowest BCUT2D eigenvalue weighted by atomic mass is 10.1. The molecule has 2 aliphatic heterocycles. The Morgan fingerprint density at radius 2 is 2.08 bits per heavy atom. The molecule has 0 aliphatic carbocycles. The minimum atomic E-state index is 0.0242. The van der Waals surface area contributed by atoms with Crippen LogP contribution in [0.4, 0.5) is 0 Å². The van der Waals surface area contributed by atoms with Gasteiger partial charge >= 0.3 is 0 Å². The van der Waals surface area contributed by atoms with Crippen LogP contribution < -0.4 is 15.4 Å². The first-order chi connectivity index (χ1) is 12.8. The summed E-state index contributed by atoms with van der Waals surface area (Å²) >= 11 is 0. The lowest BCUT2D eigenvalue weighted by molar-refractivity contribution is -0.122. The Morgan fingerprint density at radius 3 is 2.88 bits per heavy atom. The van der Waals surface area contributed by atoms with E-state index in [-0.39, 0.29) is 11.9 Å². The van der Waals surface area contributed by atoms with Gasteiger partial charge < -0.3 is 24.8 Å². The topological polar surface area (TPSA) is 72.1 Å². The van der Waals surface area contributed by atoms with E-state index in [0.717, 1.165) is 50.7 Å². The second-order valence-electron chi connectivity index (χ2n) is 6.62. The lowest BCUT2D eigenvalue weighted by Crippen LogP contribution is -2.44. The van der Waals surface area contributed by atoms with Crippen LogP contribution in [0.15, 0.2) is 24.3 Å². The number of carbonyl (C=O) groups excluding carboxylic acids is 1. The number of para-hydroxylation sites is 1. The molecule has 0 radical (unpaired) electrons. The minimum Gasteiger partial charge on any atom is -0.492 e. The molecule has 0 spiro atoms. The number of hydrogen-bond donors (Lipinski definition) is 2. The summed E-state index contributed by atoms with van der Waals surface area (Å²) in [4.78, 5) is 14.5. The van der Waals surface area contributed by atoms with Gasteiger partial charge in [0, 0.05) is 50.7 Å². The van der Waals surface area contributed by atoms with Gasteiger partial charge in [0.05, 0.1) is 26.4 Å². The number of nitrogens with one attached hydrogen (secondary N) is 2. The van der Waals surface area contributed by atoms with Gasteiger partial charge in [0.25, 0.3) is 0 Å². The summed E-state index contributed by atoms with van der Waals surface area (Å²) in [5.74, 6) is 0.858. The smallest absolute Gasteiger partial charge is 0.221 e. The molecule has 26 heavy (non-hydrogen) atoms. The Kier molecular flexibility index (Phi) is 7.69. The standard InChI is InChI=1S/C19H29N3O4/c23-19(13-17-15-25-9-5-20-17)21-14-16-3-1-2-4-18(16)26-12-8-22-6-10-24-11-7-22/h1-4,17,20H,5-15H2,(H,21,23). The molecule has 1 unspecified atom stereocenters. The number of carbonyl (C=O) groups is 1. The molecule has 1 aromatic carbocycles. The molecule has 3 rings (SSSR count). The van der Waals surface area contributed by atoms with Crippen LogP contribution in [0.3, 0.4) is 0 Å². The van der Waals surface area contributed by atoms with Crippen molar-refractivity contribution < 1.29 is 19.0 Å². The van der Waals surface area contributed by atoms with Crippen molar-refractivity contribution >= 4 is 5.91 Å². The first-order valence-corrected chi connectivity index (χ1v) is 9.40. The predicted octanol–water partition coefficient (Wildman–Crippen LogP) is 0.392. The molecule has 144 valence electrons. The number of rotatable bonds is 8. The van der Waals surface area contributed by atoms with Gasteiger partial charge in [-0.05, 0) is 6.07 Å². The Balaban J connectivity index is 1.41. The van der Waals surface area contributed by atoms with E-state index in [0.29, 0.717) is 32.8 Å². The highest BCUT2D eigenvalue weighted by Crippen LogP contribution is 2.18. The number of amides is 1. The predicted molar refractivity (Wildman–Crippen MR) is 98.3 cm³/mol. The van der Waals surface area contributed by atoms with Crippen molar-refractivity contribution in [2.24, 2.45) is 0 Å². The largest absolute Gasteiger partial charge is 0.492 e. The average Bonchev–Trinajstić information content (AvgIpc) is 2.69. The van der Waals surface area contributed by atoms with Crippen molar-refractivity contribution in [2.45, 2.75) is 19.0 Å². The fourth-order valence-electron chi connectivity index (χ4n) is 3.14. The Bertz CT molecular complexity index is 557. The van der Waals surface area contributed by atoms with Crippen LogP contribution in [0.2, 0.25) is 0 Å². The van der Waals surface area contributed by atoms with E-state index in [1.165, 1.54) is 0 Å². The number of nitrogens with zero attached hydrogens (tertiary/aromatic N) is 1.